The van der Waals surface area contributed by atoms with Crippen molar-refractivity contribution in [2.24, 2.45) is 0 Å². The number of rotatable bonds is 4. The first-order valence-electron chi connectivity index (χ1n) is 8.78. The quantitative estimate of drug-likeness (QED) is 0.518. The summed E-state index contributed by atoms with van der Waals surface area (Å²) in [5, 5.41) is 5.64. The first kappa shape index (κ1) is 19.0. The summed E-state index contributed by atoms with van der Waals surface area (Å²) in [7, 11) is 0. The third kappa shape index (κ3) is 4.29. The smallest absolute Gasteiger partial charge is 0.255 e. The summed E-state index contributed by atoms with van der Waals surface area (Å²) in [6.45, 7) is 3.75. The van der Waals surface area contributed by atoms with Gasteiger partial charge < -0.3 is 22.1 Å². The van der Waals surface area contributed by atoms with Gasteiger partial charge in [0.25, 0.3) is 11.8 Å². The molecule has 0 atom stereocenters. The van der Waals surface area contributed by atoms with Crippen molar-refractivity contribution in [2.45, 2.75) is 13.8 Å². The minimum atomic E-state index is -0.259. The van der Waals surface area contributed by atoms with E-state index in [4.69, 9.17) is 11.5 Å². The molecule has 142 valence electrons. The van der Waals surface area contributed by atoms with Crippen LogP contribution in [-0.2, 0) is 0 Å². The Labute approximate surface area is 163 Å². The monoisotopic (exact) mass is 374 g/mol. The first-order chi connectivity index (χ1) is 13.3. The van der Waals surface area contributed by atoms with Crippen molar-refractivity contribution in [3.63, 3.8) is 0 Å². The zero-order valence-electron chi connectivity index (χ0n) is 15.7. The molecule has 6 nitrogen and oxygen atoms in total. The van der Waals surface area contributed by atoms with Crippen molar-refractivity contribution in [3.05, 3.63) is 82.9 Å². The van der Waals surface area contributed by atoms with E-state index in [1.54, 1.807) is 48.5 Å². The van der Waals surface area contributed by atoms with E-state index in [0.29, 0.717) is 33.9 Å². The number of carbonyl (C=O) groups is 2. The summed E-state index contributed by atoms with van der Waals surface area (Å²) >= 11 is 0. The fraction of sp³-hybridized carbons (Fsp3) is 0.0909. The van der Waals surface area contributed by atoms with Crippen LogP contribution in [0.15, 0.2) is 60.7 Å². The number of nitrogen functional groups attached to an aromatic ring is 2. The molecule has 2 amide bonds. The maximum Gasteiger partial charge on any atom is 0.255 e. The number of nitrogens with two attached hydrogens (primary N) is 2. The highest BCUT2D eigenvalue weighted by molar-refractivity contribution is 6.07. The van der Waals surface area contributed by atoms with E-state index in [1.807, 2.05) is 26.0 Å². The maximum atomic E-state index is 12.4. The minimum Gasteiger partial charge on any atom is -0.399 e. The summed E-state index contributed by atoms with van der Waals surface area (Å²) in [6, 6.07) is 17.1. The second-order valence-corrected chi connectivity index (χ2v) is 6.63. The molecule has 6 N–H and O–H groups in total. The van der Waals surface area contributed by atoms with Crippen molar-refractivity contribution < 1.29 is 9.59 Å². The summed E-state index contributed by atoms with van der Waals surface area (Å²) in [5.74, 6) is -0.518. The van der Waals surface area contributed by atoms with Gasteiger partial charge in [0.1, 0.15) is 0 Å². The fourth-order valence-corrected chi connectivity index (χ4v) is 2.69. The highest BCUT2D eigenvalue weighted by Gasteiger charge is 2.10. The van der Waals surface area contributed by atoms with Crippen molar-refractivity contribution in [2.75, 3.05) is 22.1 Å². The number of amides is 2. The van der Waals surface area contributed by atoms with Gasteiger partial charge in [0.15, 0.2) is 0 Å². The van der Waals surface area contributed by atoms with Gasteiger partial charge in [-0.3, -0.25) is 9.59 Å². The number of nitrogens with one attached hydrogen (secondary N) is 2. The van der Waals surface area contributed by atoms with Gasteiger partial charge >= 0.3 is 0 Å². The van der Waals surface area contributed by atoms with Gasteiger partial charge in [0.2, 0.25) is 0 Å². The van der Waals surface area contributed by atoms with Crippen LogP contribution in [0.5, 0.6) is 0 Å². The van der Waals surface area contributed by atoms with E-state index in [-0.39, 0.29) is 11.8 Å². The van der Waals surface area contributed by atoms with Crippen molar-refractivity contribution >= 4 is 34.6 Å². The topological polar surface area (TPSA) is 110 Å². The predicted octanol–water partition coefficient (Wildman–Crippen LogP) is 3.97. The predicted molar refractivity (Wildman–Crippen MR) is 114 cm³/mol. The molecule has 0 spiro atoms. The molecule has 0 unspecified atom stereocenters. The minimum absolute atomic E-state index is 0.259. The molecule has 0 fully saturated rings. The standard InChI is InChI=1S/C22H22N4O2/c1-13-11-17(7-9-19(13)23)25-21(27)15-3-5-16(6-4-15)22(28)26-18-8-10-20(24)14(2)12-18/h3-12H,23-24H2,1-2H3,(H,25,27)(H,26,28). The molecule has 3 aromatic carbocycles. The van der Waals surface area contributed by atoms with Crippen LogP contribution in [0.25, 0.3) is 0 Å². The molecule has 0 bridgehead atoms. The molecule has 3 rings (SSSR count). The molecule has 6 heteroatoms. The van der Waals surface area contributed by atoms with Crippen LogP contribution in [0.4, 0.5) is 22.7 Å². The van der Waals surface area contributed by atoms with Crippen molar-refractivity contribution in [1.82, 2.24) is 0 Å². The van der Waals surface area contributed by atoms with Gasteiger partial charge in [-0.2, -0.15) is 0 Å². The first-order valence-corrected chi connectivity index (χ1v) is 8.78. The third-order valence-electron chi connectivity index (χ3n) is 4.46. The van der Waals surface area contributed by atoms with Crippen LogP contribution in [0.1, 0.15) is 31.8 Å². The van der Waals surface area contributed by atoms with Gasteiger partial charge in [-0.1, -0.05) is 0 Å². The Morgan fingerprint density at radius 3 is 1.32 bits per heavy atom. The average molecular weight is 374 g/mol. The molecular weight excluding hydrogens is 352 g/mol. The van der Waals surface area contributed by atoms with E-state index in [1.165, 1.54) is 0 Å². The number of carbonyl (C=O) groups excluding carboxylic acids is 2. The molecule has 0 saturated carbocycles. The zero-order chi connectivity index (χ0) is 20.3. The number of anilines is 4. The van der Waals surface area contributed by atoms with Crippen LogP contribution in [-0.4, -0.2) is 11.8 Å². The lowest BCUT2D eigenvalue weighted by atomic mass is 10.1. The largest absolute Gasteiger partial charge is 0.399 e. The van der Waals surface area contributed by atoms with Gasteiger partial charge in [-0.15, -0.1) is 0 Å². The second-order valence-electron chi connectivity index (χ2n) is 6.63. The molecule has 0 heterocycles. The van der Waals surface area contributed by atoms with E-state index in [2.05, 4.69) is 10.6 Å². The van der Waals surface area contributed by atoms with E-state index in [0.717, 1.165) is 11.1 Å². The maximum absolute atomic E-state index is 12.4. The second kappa shape index (κ2) is 7.84. The average Bonchev–Trinajstić information content (AvgIpc) is 2.67. The van der Waals surface area contributed by atoms with Crippen LogP contribution < -0.4 is 22.1 Å². The van der Waals surface area contributed by atoms with Gasteiger partial charge in [0.05, 0.1) is 0 Å². The SMILES string of the molecule is Cc1cc(NC(=O)c2ccc(C(=O)Nc3ccc(N)c(C)c3)cc2)ccc1N. The van der Waals surface area contributed by atoms with Crippen LogP contribution in [0, 0.1) is 13.8 Å². The van der Waals surface area contributed by atoms with Crippen molar-refractivity contribution in [1.29, 1.82) is 0 Å². The fourth-order valence-electron chi connectivity index (χ4n) is 2.69. The van der Waals surface area contributed by atoms with Crippen LogP contribution >= 0.6 is 0 Å². The van der Waals surface area contributed by atoms with E-state index >= 15 is 0 Å². The Kier molecular flexibility index (Phi) is 5.31. The molecule has 0 radical (unpaired) electrons. The molecule has 0 saturated heterocycles. The lowest BCUT2D eigenvalue weighted by Crippen LogP contribution is -2.14. The molecule has 0 aromatic heterocycles. The summed E-state index contributed by atoms with van der Waals surface area (Å²) in [6.07, 6.45) is 0. The summed E-state index contributed by atoms with van der Waals surface area (Å²) < 4.78 is 0. The molecule has 0 aliphatic heterocycles. The number of aryl methyl sites for hydroxylation is 2. The van der Waals surface area contributed by atoms with E-state index in [9.17, 15) is 9.59 Å². The van der Waals surface area contributed by atoms with Crippen LogP contribution in [0.3, 0.4) is 0 Å². The Morgan fingerprint density at radius 2 is 1.00 bits per heavy atom. The Bertz CT molecular complexity index is 958. The molecule has 0 aliphatic rings. The third-order valence-corrected chi connectivity index (χ3v) is 4.46. The number of benzene rings is 3. The molecule has 0 aliphatic carbocycles. The Morgan fingerprint density at radius 1 is 0.643 bits per heavy atom. The zero-order valence-corrected chi connectivity index (χ0v) is 15.7. The van der Waals surface area contributed by atoms with Gasteiger partial charge in [0, 0.05) is 33.9 Å². The van der Waals surface area contributed by atoms with Gasteiger partial charge in [-0.25, -0.2) is 0 Å². The van der Waals surface area contributed by atoms with Crippen molar-refractivity contribution in [3.8, 4) is 0 Å². The Hall–Kier alpha value is -3.80. The number of hydrogen-bond donors (Lipinski definition) is 4. The molecule has 3 aromatic rings. The molecule has 28 heavy (non-hydrogen) atoms. The molecular formula is C22H22N4O2. The lowest BCUT2D eigenvalue weighted by molar-refractivity contribution is 0.101. The summed E-state index contributed by atoms with van der Waals surface area (Å²) in [5.41, 5.74) is 16.9. The lowest BCUT2D eigenvalue weighted by Gasteiger charge is -2.09. The van der Waals surface area contributed by atoms with E-state index < -0.39 is 0 Å². The van der Waals surface area contributed by atoms with Gasteiger partial charge in [-0.05, 0) is 85.6 Å². The summed E-state index contributed by atoms with van der Waals surface area (Å²) in [4.78, 5) is 24.8. The highest BCUT2D eigenvalue weighted by Crippen LogP contribution is 2.19. The highest BCUT2D eigenvalue weighted by atomic mass is 16.2. The van der Waals surface area contributed by atoms with Crippen LogP contribution in [0.2, 0.25) is 0 Å². The normalized spacial score (nSPS) is 10.4. The Balaban J connectivity index is 1.67. The number of hydrogen-bond acceptors (Lipinski definition) is 4.